The average molecular weight is 427 g/mol. The summed E-state index contributed by atoms with van der Waals surface area (Å²) in [5.41, 5.74) is 13.9. The van der Waals surface area contributed by atoms with Crippen molar-refractivity contribution >= 4 is 22.5 Å². The van der Waals surface area contributed by atoms with Gasteiger partial charge in [0.1, 0.15) is 0 Å². The van der Waals surface area contributed by atoms with E-state index in [0.717, 1.165) is 29.5 Å². The van der Waals surface area contributed by atoms with E-state index in [-0.39, 0.29) is 12.2 Å². The molecule has 0 unspecified atom stereocenters. The molecule has 0 aliphatic heterocycles. The monoisotopic (exact) mass is 427 g/mol. The van der Waals surface area contributed by atoms with E-state index in [9.17, 15) is 9.70 Å². The minimum atomic E-state index is -0.641. The molecule has 4 aromatic rings. The van der Waals surface area contributed by atoms with Gasteiger partial charge in [0.05, 0.1) is 22.1 Å². The van der Waals surface area contributed by atoms with Gasteiger partial charge in [-0.25, -0.2) is 10.4 Å². The Morgan fingerprint density at radius 2 is 1.84 bits per heavy atom. The minimum absolute atomic E-state index is 0.175. The van der Waals surface area contributed by atoms with Gasteiger partial charge in [-0.2, -0.15) is 0 Å². The van der Waals surface area contributed by atoms with E-state index in [2.05, 4.69) is 15.3 Å². The summed E-state index contributed by atoms with van der Waals surface area (Å²) in [6.07, 6.45) is 4.66. The Balaban J connectivity index is 1.71. The van der Waals surface area contributed by atoms with Crippen LogP contribution in [-0.4, -0.2) is 27.6 Å². The predicted molar refractivity (Wildman–Crippen MR) is 123 cm³/mol. The number of nitrogen functional groups attached to an aromatic ring is 1. The van der Waals surface area contributed by atoms with Crippen LogP contribution in [0.3, 0.4) is 0 Å². The topological polar surface area (TPSA) is 131 Å². The number of nitrogens with zero attached hydrogens (tertiary/aromatic N) is 3. The molecule has 8 heteroatoms. The number of carbonyl (C=O) groups excluding carboxylic acids is 1. The van der Waals surface area contributed by atoms with Crippen LogP contribution in [0.25, 0.3) is 33.3 Å². The molecule has 0 aliphatic rings. The molecule has 160 valence electrons. The van der Waals surface area contributed by atoms with Crippen molar-refractivity contribution in [3.8, 4) is 22.4 Å². The van der Waals surface area contributed by atoms with Gasteiger partial charge in [-0.05, 0) is 47.7 Å². The van der Waals surface area contributed by atoms with Crippen LogP contribution in [0.1, 0.15) is 22.3 Å². The number of benzene rings is 2. The highest BCUT2D eigenvalue weighted by molar-refractivity contribution is 6.07. The zero-order valence-electron chi connectivity index (χ0n) is 17.2. The summed E-state index contributed by atoms with van der Waals surface area (Å²) >= 11 is 0. The molecule has 4 rings (SSSR count). The Bertz CT molecular complexity index is 1290. The number of aromatic nitrogens is 2. The quantitative estimate of drug-likeness (QED) is 0.233. The van der Waals surface area contributed by atoms with Gasteiger partial charge in [0.25, 0.3) is 5.91 Å². The van der Waals surface area contributed by atoms with Crippen molar-refractivity contribution in [2.24, 2.45) is 5.29 Å². The van der Waals surface area contributed by atoms with Crippen LogP contribution >= 0.6 is 0 Å². The summed E-state index contributed by atoms with van der Waals surface area (Å²) < 4.78 is 0. The number of nitrogens with one attached hydrogen (secondary N) is 1. The number of aryl methyl sites for hydroxylation is 1. The number of nitroso groups, excluding NO2 is 1. The van der Waals surface area contributed by atoms with Crippen molar-refractivity contribution in [1.29, 1.82) is 0 Å². The molecule has 2 aromatic heterocycles. The average Bonchev–Trinajstić information content (AvgIpc) is 2.82. The fourth-order valence-corrected chi connectivity index (χ4v) is 3.62. The Kier molecular flexibility index (Phi) is 6.14. The number of aliphatic hydroxyl groups is 1. The van der Waals surface area contributed by atoms with Gasteiger partial charge >= 0.3 is 0 Å². The van der Waals surface area contributed by atoms with Crippen molar-refractivity contribution in [3.05, 3.63) is 83.0 Å². The largest absolute Gasteiger partial charge is 0.398 e. The zero-order valence-corrected chi connectivity index (χ0v) is 17.2. The SMILES string of the molecule is Nc1cc(-c2ccc(CCCO)cc2)ccc1-c1cc(C(=O)NN=O)c2cnccc2n1. The Hall–Kier alpha value is -4.17. The first kappa shape index (κ1) is 21.1. The number of hydrogen-bond acceptors (Lipinski definition) is 7. The Morgan fingerprint density at radius 3 is 2.56 bits per heavy atom. The smallest absolute Gasteiger partial charge is 0.274 e. The van der Waals surface area contributed by atoms with Crippen LogP contribution in [-0.2, 0) is 6.42 Å². The summed E-state index contributed by atoms with van der Waals surface area (Å²) in [7, 11) is 0. The fourth-order valence-electron chi connectivity index (χ4n) is 3.62. The number of hydrogen-bond donors (Lipinski definition) is 3. The first-order valence-electron chi connectivity index (χ1n) is 10.1. The molecule has 0 saturated carbocycles. The number of anilines is 1. The number of amides is 1. The van der Waals surface area contributed by atoms with E-state index < -0.39 is 5.91 Å². The first-order chi connectivity index (χ1) is 15.6. The molecule has 2 heterocycles. The normalized spacial score (nSPS) is 10.8. The number of aliphatic hydroxyl groups excluding tert-OH is 1. The van der Waals surface area contributed by atoms with Crippen molar-refractivity contribution in [3.63, 3.8) is 0 Å². The number of pyridine rings is 2. The summed E-state index contributed by atoms with van der Waals surface area (Å²) in [5.74, 6) is -0.641. The van der Waals surface area contributed by atoms with Gasteiger partial charge in [-0.3, -0.25) is 9.78 Å². The molecule has 0 aliphatic carbocycles. The number of rotatable bonds is 7. The van der Waals surface area contributed by atoms with E-state index in [1.807, 2.05) is 47.9 Å². The molecule has 1 amide bonds. The van der Waals surface area contributed by atoms with E-state index in [0.29, 0.717) is 27.8 Å². The van der Waals surface area contributed by atoms with Gasteiger partial charge in [0.15, 0.2) is 0 Å². The highest BCUT2D eigenvalue weighted by Crippen LogP contribution is 2.32. The summed E-state index contributed by atoms with van der Waals surface area (Å²) in [6, 6.07) is 17.1. The predicted octanol–water partition coefficient (Wildman–Crippen LogP) is 3.88. The molecule has 32 heavy (non-hydrogen) atoms. The minimum Gasteiger partial charge on any atom is -0.398 e. The highest BCUT2D eigenvalue weighted by atomic mass is 16.3. The molecule has 4 N–H and O–H groups in total. The third-order valence-corrected chi connectivity index (χ3v) is 5.24. The summed E-state index contributed by atoms with van der Waals surface area (Å²) in [5, 5.41) is 12.0. The van der Waals surface area contributed by atoms with Crippen molar-refractivity contribution in [1.82, 2.24) is 15.4 Å². The standard InChI is InChI=1S/C24H21N5O3/c25-21-12-17(16-5-3-15(4-6-16)2-1-11-30)7-8-18(21)23-13-19(24(31)28-29-32)20-14-26-10-9-22(20)27-23/h3-10,12-14,30H,1-2,11,25H2,(H,28,31,32). The van der Waals surface area contributed by atoms with Gasteiger partial charge in [0.2, 0.25) is 0 Å². The summed E-state index contributed by atoms with van der Waals surface area (Å²) in [6.45, 7) is 0.175. The lowest BCUT2D eigenvalue weighted by Gasteiger charge is -2.12. The molecule has 8 nitrogen and oxygen atoms in total. The van der Waals surface area contributed by atoms with Crippen molar-refractivity contribution in [2.75, 3.05) is 12.3 Å². The van der Waals surface area contributed by atoms with Crippen LogP contribution < -0.4 is 11.2 Å². The second-order valence-corrected chi connectivity index (χ2v) is 7.31. The maximum atomic E-state index is 12.4. The van der Waals surface area contributed by atoms with E-state index in [1.54, 1.807) is 18.3 Å². The molecule has 2 aromatic carbocycles. The maximum absolute atomic E-state index is 12.4. The van der Waals surface area contributed by atoms with Gasteiger partial charge in [0, 0.05) is 35.6 Å². The Labute approximate surface area is 184 Å². The van der Waals surface area contributed by atoms with E-state index in [4.69, 9.17) is 10.8 Å². The van der Waals surface area contributed by atoms with Crippen LogP contribution in [0, 0.1) is 4.91 Å². The lowest BCUT2D eigenvalue weighted by molar-refractivity contribution is 0.0955. The van der Waals surface area contributed by atoms with E-state index in [1.165, 1.54) is 6.20 Å². The second kappa shape index (κ2) is 9.32. The molecule has 0 spiro atoms. The highest BCUT2D eigenvalue weighted by Gasteiger charge is 2.16. The molecule has 0 fully saturated rings. The van der Waals surface area contributed by atoms with Crippen LogP contribution in [0.15, 0.2) is 72.3 Å². The lowest BCUT2D eigenvalue weighted by Crippen LogP contribution is -2.17. The second-order valence-electron chi connectivity index (χ2n) is 7.31. The maximum Gasteiger partial charge on any atom is 0.274 e. The third-order valence-electron chi connectivity index (χ3n) is 5.24. The first-order valence-corrected chi connectivity index (χ1v) is 10.1. The number of fused-ring (bicyclic) bond motifs is 1. The van der Waals surface area contributed by atoms with Crippen LogP contribution in [0.5, 0.6) is 0 Å². The van der Waals surface area contributed by atoms with Gasteiger partial charge in [-0.15, -0.1) is 4.91 Å². The fraction of sp³-hybridized carbons (Fsp3) is 0.125. The van der Waals surface area contributed by atoms with Crippen molar-refractivity contribution < 1.29 is 9.90 Å². The van der Waals surface area contributed by atoms with Crippen LogP contribution in [0.2, 0.25) is 0 Å². The number of nitrogens with two attached hydrogens (primary N) is 1. The van der Waals surface area contributed by atoms with E-state index >= 15 is 0 Å². The zero-order chi connectivity index (χ0) is 22.5. The molecule has 0 atom stereocenters. The lowest BCUT2D eigenvalue weighted by atomic mass is 9.98. The molecule has 0 saturated heterocycles. The third kappa shape index (κ3) is 4.30. The van der Waals surface area contributed by atoms with Gasteiger partial charge in [-0.1, -0.05) is 36.4 Å². The summed E-state index contributed by atoms with van der Waals surface area (Å²) in [4.78, 5) is 31.5. The number of carbonyl (C=O) groups is 1. The molecule has 0 bridgehead atoms. The van der Waals surface area contributed by atoms with Crippen molar-refractivity contribution in [2.45, 2.75) is 12.8 Å². The van der Waals surface area contributed by atoms with Gasteiger partial charge < -0.3 is 10.8 Å². The molecular weight excluding hydrogens is 406 g/mol. The molecule has 0 radical (unpaired) electrons. The van der Waals surface area contributed by atoms with Crippen LogP contribution in [0.4, 0.5) is 5.69 Å². The Morgan fingerprint density at radius 1 is 1.06 bits per heavy atom. The molecular formula is C24H21N5O3.